The monoisotopic (exact) mass is 287 g/mol. The highest BCUT2D eigenvalue weighted by molar-refractivity contribution is 5.69. The average Bonchev–Trinajstić information content (AvgIpc) is 2.57. The lowest BCUT2D eigenvalue weighted by Crippen LogP contribution is -1.83. The zero-order chi connectivity index (χ0) is 15.2. The summed E-state index contributed by atoms with van der Waals surface area (Å²) in [5.41, 5.74) is 2.07. The van der Waals surface area contributed by atoms with Crippen LogP contribution in [0.5, 0.6) is 17.2 Å². The first-order valence-electron chi connectivity index (χ1n) is 7.01. The Hall–Kier alpha value is -3.00. The van der Waals surface area contributed by atoms with Gasteiger partial charge in [-0.1, -0.05) is 48.6 Å². The Morgan fingerprint density at radius 2 is 1.36 bits per heavy atom. The standard InChI is InChI=1S/C20H15O2/c21-18-12-8-16(9-13-18)6-7-17-10-14-20(15-11-17)22-19-4-2-1-3-5-19/h1-12,14-15,21H. The van der Waals surface area contributed by atoms with E-state index >= 15 is 0 Å². The number of hydrogen-bond donors (Lipinski definition) is 1. The van der Waals surface area contributed by atoms with E-state index in [1.165, 1.54) is 0 Å². The molecule has 22 heavy (non-hydrogen) atoms. The quantitative estimate of drug-likeness (QED) is 0.672. The number of hydrogen-bond acceptors (Lipinski definition) is 2. The third-order valence-electron chi connectivity index (χ3n) is 3.15. The molecular weight excluding hydrogens is 272 g/mol. The summed E-state index contributed by atoms with van der Waals surface area (Å²) in [6.07, 6.45) is 3.98. The lowest BCUT2D eigenvalue weighted by molar-refractivity contribution is 0.474. The van der Waals surface area contributed by atoms with Crippen LogP contribution in [-0.4, -0.2) is 5.11 Å². The minimum Gasteiger partial charge on any atom is -0.507 e. The van der Waals surface area contributed by atoms with Gasteiger partial charge < -0.3 is 9.84 Å². The van der Waals surface area contributed by atoms with E-state index in [0.717, 1.165) is 22.6 Å². The Morgan fingerprint density at radius 1 is 0.727 bits per heavy atom. The second kappa shape index (κ2) is 6.64. The number of aromatic hydroxyl groups is 1. The van der Waals surface area contributed by atoms with Crippen LogP contribution < -0.4 is 4.74 Å². The van der Waals surface area contributed by atoms with Gasteiger partial charge in [0.1, 0.15) is 17.2 Å². The molecule has 2 nitrogen and oxygen atoms in total. The second-order valence-electron chi connectivity index (χ2n) is 4.82. The number of phenols is 1. The summed E-state index contributed by atoms with van der Waals surface area (Å²) in [5, 5.41) is 9.20. The number of para-hydroxylation sites is 1. The summed E-state index contributed by atoms with van der Waals surface area (Å²) >= 11 is 0. The lowest BCUT2D eigenvalue weighted by Gasteiger charge is -2.05. The third kappa shape index (κ3) is 3.76. The van der Waals surface area contributed by atoms with Crippen LogP contribution in [0.3, 0.4) is 0 Å². The smallest absolute Gasteiger partial charge is 0.127 e. The zero-order valence-electron chi connectivity index (χ0n) is 11.9. The maximum atomic E-state index is 9.20. The van der Waals surface area contributed by atoms with Crippen LogP contribution in [0.25, 0.3) is 12.2 Å². The van der Waals surface area contributed by atoms with Gasteiger partial charge in [-0.3, -0.25) is 0 Å². The summed E-state index contributed by atoms with van der Waals surface area (Å²) in [6.45, 7) is 0. The van der Waals surface area contributed by atoms with Gasteiger partial charge in [0, 0.05) is 6.07 Å². The molecule has 3 rings (SSSR count). The van der Waals surface area contributed by atoms with E-state index in [9.17, 15) is 5.11 Å². The summed E-state index contributed by atoms with van der Waals surface area (Å²) in [5.74, 6) is 1.78. The summed E-state index contributed by atoms with van der Waals surface area (Å²) in [4.78, 5) is 0. The largest absolute Gasteiger partial charge is 0.507 e. The van der Waals surface area contributed by atoms with E-state index in [1.807, 2.05) is 72.8 Å². The van der Waals surface area contributed by atoms with Crippen molar-refractivity contribution < 1.29 is 9.84 Å². The molecule has 0 heterocycles. The van der Waals surface area contributed by atoms with Gasteiger partial charge in [0.15, 0.2) is 0 Å². The van der Waals surface area contributed by atoms with Gasteiger partial charge in [0.05, 0.1) is 0 Å². The SMILES string of the molecule is Oc1[c]cc(C=Cc2ccc(Oc3ccccc3)cc2)cc1. The van der Waals surface area contributed by atoms with E-state index in [4.69, 9.17) is 4.74 Å². The molecule has 0 amide bonds. The predicted molar refractivity (Wildman–Crippen MR) is 88.8 cm³/mol. The molecule has 1 N–H and O–H groups in total. The molecule has 0 saturated carbocycles. The molecular formula is C20H15O2. The molecule has 0 bridgehead atoms. The Labute approximate surface area is 129 Å². The third-order valence-corrected chi connectivity index (χ3v) is 3.15. The maximum absolute atomic E-state index is 9.20. The van der Waals surface area contributed by atoms with Crippen molar-refractivity contribution in [1.29, 1.82) is 0 Å². The zero-order valence-corrected chi connectivity index (χ0v) is 11.9. The maximum Gasteiger partial charge on any atom is 0.127 e. The van der Waals surface area contributed by atoms with Gasteiger partial charge in [-0.25, -0.2) is 0 Å². The first-order valence-corrected chi connectivity index (χ1v) is 7.01. The highest BCUT2D eigenvalue weighted by Gasteiger charge is 1.96. The topological polar surface area (TPSA) is 29.5 Å². The fraction of sp³-hybridized carbons (Fsp3) is 0. The first kappa shape index (κ1) is 14.0. The van der Waals surface area contributed by atoms with Crippen molar-refractivity contribution in [1.82, 2.24) is 0 Å². The molecule has 0 atom stereocenters. The predicted octanol–water partition coefficient (Wildman–Crippen LogP) is 5.16. The van der Waals surface area contributed by atoms with E-state index < -0.39 is 0 Å². The van der Waals surface area contributed by atoms with E-state index in [-0.39, 0.29) is 5.75 Å². The van der Waals surface area contributed by atoms with Gasteiger partial charge in [-0.05, 0) is 47.5 Å². The second-order valence-corrected chi connectivity index (χ2v) is 4.82. The molecule has 0 aliphatic rings. The minimum absolute atomic E-state index is 0.152. The van der Waals surface area contributed by atoms with Crippen molar-refractivity contribution in [2.24, 2.45) is 0 Å². The Morgan fingerprint density at radius 3 is 2.05 bits per heavy atom. The first-order chi connectivity index (χ1) is 10.8. The van der Waals surface area contributed by atoms with Crippen LogP contribution in [0.1, 0.15) is 11.1 Å². The van der Waals surface area contributed by atoms with E-state index in [1.54, 1.807) is 12.1 Å². The Balaban J connectivity index is 1.67. The molecule has 1 radical (unpaired) electrons. The van der Waals surface area contributed by atoms with Crippen LogP contribution in [0, 0.1) is 6.07 Å². The fourth-order valence-electron chi connectivity index (χ4n) is 2.00. The lowest BCUT2D eigenvalue weighted by atomic mass is 10.1. The van der Waals surface area contributed by atoms with E-state index in [2.05, 4.69) is 6.07 Å². The van der Waals surface area contributed by atoms with Crippen molar-refractivity contribution in [3.05, 3.63) is 90.0 Å². The van der Waals surface area contributed by atoms with Crippen molar-refractivity contribution in [3.63, 3.8) is 0 Å². The number of phenolic OH excluding ortho intramolecular Hbond substituents is 1. The molecule has 3 aromatic carbocycles. The van der Waals surface area contributed by atoms with Crippen LogP contribution >= 0.6 is 0 Å². The summed E-state index contributed by atoms with van der Waals surface area (Å²) < 4.78 is 5.75. The normalized spacial score (nSPS) is 10.7. The highest BCUT2D eigenvalue weighted by Crippen LogP contribution is 2.21. The number of benzene rings is 3. The fourth-order valence-corrected chi connectivity index (χ4v) is 2.00. The van der Waals surface area contributed by atoms with Gasteiger partial charge >= 0.3 is 0 Å². The van der Waals surface area contributed by atoms with Crippen LogP contribution in [0.4, 0.5) is 0 Å². The number of rotatable bonds is 4. The van der Waals surface area contributed by atoms with Gasteiger partial charge in [0.25, 0.3) is 0 Å². The molecule has 107 valence electrons. The van der Waals surface area contributed by atoms with Crippen molar-refractivity contribution >= 4 is 12.2 Å². The van der Waals surface area contributed by atoms with Crippen LogP contribution in [0.15, 0.2) is 72.8 Å². The van der Waals surface area contributed by atoms with Gasteiger partial charge in [-0.15, -0.1) is 0 Å². The molecule has 2 heteroatoms. The molecule has 0 unspecified atom stereocenters. The van der Waals surface area contributed by atoms with Gasteiger partial charge in [0.2, 0.25) is 0 Å². The Bertz CT molecular complexity index is 742. The molecule has 3 aromatic rings. The van der Waals surface area contributed by atoms with Crippen LogP contribution in [0.2, 0.25) is 0 Å². The van der Waals surface area contributed by atoms with Gasteiger partial charge in [-0.2, -0.15) is 0 Å². The molecule has 0 fully saturated rings. The molecule has 0 aromatic heterocycles. The van der Waals surface area contributed by atoms with E-state index in [0.29, 0.717) is 0 Å². The van der Waals surface area contributed by atoms with Crippen molar-refractivity contribution in [3.8, 4) is 17.2 Å². The minimum atomic E-state index is 0.152. The number of ether oxygens (including phenoxy) is 1. The summed E-state index contributed by atoms with van der Waals surface area (Å²) in [6, 6.07) is 25.5. The van der Waals surface area contributed by atoms with Crippen molar-refractivity contribution in [2.75, 3.05) is 0 Å². The molecule has 0 aliphatic heterocycles. The Kier molecular flexibility index (Phi) is 4.21. The molecule has 0 spiro atoms. The highest BCUT2D eigenvalue weighted by atomic mass is 16.5. The molecule has 0 saturated heterocycles. The molecule has 0 aliphatic carbocycles. The van der Waals surface area contributed by atoms with Crippen LogP contribution in [-0.2, 0) is 0 Å². The van der Waals surface area contributed by atoms with Crippen molar-refractivity contribution in [2.45, 2.75) is 0 Å². The summed E-state index contributed by atoms with van der Waals surface area (Å²) in [7, 11) is 0. The average molecular weight is 287 g/mol.